The van der Waals surface area contributed by atoms with E-state index in [1.807, 2.05) is 25.2 Å². The third kappa shape index (κ3) is 3.20. The van der Waals surface area contributed by atoms with E-state index in [9.17, 15) is 4.79 Å². The molecule has 1 aliphatic heterocycles. The second-order valence-electron chi connectivity index (χ2n) is 8.45. The number of carbonyl (C=O) groups excluding carboxylic acids is 1. The van der Waals surface area contributed by atoms with Gasteiger partial charge < -0.3 is 20.7 Å². The number of anilines is 3. The minimum Gasteiger partial charge on any atom is -0.378 e. The zero-order valence-electron chi connectivity index (χ0n) is 18.2. The smallest absolute Gasteiger partial charge is 0.257 e. The fraction of sp³-hybridized carbons (Fsp3) is 0.381. The molecule has 0 spiro atoms. The lowest BCUT2D eigenvalue weighted by atomic mass is 9.90. The van der Waals surface area contributed by atoms with Crippen LogP contribution < -0.4 is 16.0 Å². The summed E-state index contributed by atoms with van der Waals surface area (Å²) < 4.78 is 9.56. The second kappa shape index (κ2) is 7.44. The Morgan fingerprint density at radius 1 is 1.27 bits per heavy atom. The maximum Gasteiger partial charge on any atom is 0.257 e. The molecule has 11 nitrogen and oxygen atoms in total. The first kappa shape index (κ1) is 20.0. The number of aryl methyl sites for hydroxylation is 1. The van der Waals surface area contributed by atoms with E-state index in [4.69, 9.17) is 17.6 Å². The number of hydrogen-bond acceptors (Lipinski definition) is 8. The van der Waals surface area contributed by atoms with Crippen LogP contribution in [0.25, 0.3) is 16.7 Å². The quantitative estimate of drug-likeness (QED) is 0.380. The molecule has 3 N–H and O–H groups in total. The number of nitrogens with one attached hydrogen (secondary N) is 3. The second-order valence-corrected chi connectivity index (χ2v) is 8.45. The van der Waals surface area contributed by atoms with Gasteiger partial charge in [0, 0.05) is 26.2 Å². The number of benzene rings is 1. The third-order valence-electron chi connectivity index (χ3n) is 6.39. The van der Waals surface area contributed by atoms with E-state index in [0.717, 1.165) is 30.3 Å². The van der Waals surface area contributed by atoms with Crippen molar-refractivity contribution in [2.45, 2.75) is 37.4 Å². The summed E-state index contributed by atoms with van der Waals surface area (Å²) >= 11 is 0. The number of aromatic nitrogens is 6. The summed E-state index contributed by atoms with van der Waals surface area (Å²) in [5.41, 5.74) is 3.80. The number of carbonyl (C=O) groups is 1. The molecule has 1 aromatic carbocycles. The van der Waals surface area contributed by atoms with Crippen LogP contribution in [0.1, 0.15) is 41.2 Å². The first-order chi connectivity index (χ1) is 16.0. The molecule has 4 bridgehead atoms. The minimum absolute atomic E-state index is 0.145. The van der Waals surface area contributed by atoms with Crippen molar-refractivity contribution in [1.29, 1.82) is 0 Å². The van der Waals surface area contributed by atoms with Gasteiger partial charge in [-0.1, -0.05) is 5.21 Å². The Hall–Kier alpha value is -3.67. The van der Waals surface area contributed by atoms with Crippen LogP contribution in [0.5, 0.6) is 0 Å². The molecule has 12 heteroatoms. The molecule has 1 aliphatic carbocycles. The number of hydrogen-bond donors (Lipinski definition) is 3. The van der Waals surface area contributed by atoms with Crippen LogP contribution in [-0.4, -0.2) is 62.5 Å². The number of fused-ring (bicyclic) bond motifs is 6. The fourth-order valence-electron chi connectivity index (χ4n) is 4.68. The first-order valence-corrected chi connectivity index (χ1v) is 10.9. The van der Waals surface area contributed by atoms with Crippen molar-refractivity contribution in [2.24, 2.45) is 7.05 Å². The zero-order chi connectivity index (χ0) is 22.7. The first-order valence-electron chi connectivity index (χ1n) is 10.9. The summed E-state index contributed by atoms with van der Waals surface area (Å²) in [5.74, 6) is 0.965. The maximum atomic E-state index is 13.2. The van der Waals surface area contributed by atoms with Gasteiger partial charge in [-0.15, -0.1) is 5.10 Å². The summed E-state index contributed by atoms with van der Waals surface area (Å²) in [4.78, 5) is 17.9. The molecule has 0 saturated heterocycles. The molecule has 3 aromatic heterocycles. The Kier molecular flexibility index (Phi) is 4.51. The predicted molar refractivity (Wildman–Crippen MR) is 123 cm³/mol. The molecule has 166 valence electrons. The summed E-state index contributed by atoms with van der Waals surface area (Å²) in [6, 6.07) is 4.84. The van der Waals surface area contributed by atoms with Gasteiger partial charge in [0.2, 0.25) is 0 Å². The molecule has 33 heavy (non-hydrogen) atoms. The number of rotatable bonds is 1. The molecule has 6 rings (SSSR count). The van der Waals surface area contributed by atoms with Crippen LogP contribution in [0.15, 0.2) is 24.4 Å². The Bertz CT molecular complexity index is 1400. The average Bonchev–Trinajstić information content (AvgIpc) is 3.52. The standard InChI is InChI=1S/C21H22BN9O2/c1-23-17-8-16-25-13-6-10(7-14-18(13)28-29-30(14)2)19(22)33-15-5-3-4-12(15)26-21(32)11-9-24-31(17)20(11)27-16/h6-9,12,15,19,23H,3-5H2,1-2H3,(H,25,27)(H,26,32)/t12-,15-,19?/m1/s1. The normalized spacial score (nSPS) is 22.7. The lowest BCUT2D eigenvalue weighted by Gasteiger charge is -2.26. The van der Waals surface area contributed by atoms with E-state index in [2.05, 4.69) is 31.4 Å². The highest BCUT2D eigenvalue weighted by molar-refractivity contribution is 6.12. The molecule has 1 saturated carbocycles. The lowest BCUT2D eigenvalue weighted by Crippen LogP contribution is -2.41. The van der Waals surface area contributed by atoms with Crippen LogP contribution in [0.4, 0.5) is 17.3 Å². The largest absolute Gasteiger partial charge is 0.378 e. The SMILES string of the molecule is [B]C1O[C@@H]2CCC[C@H]2NC(=O)c2cnn3c(NC)cc(nc23)Nc2cc1cc1c2nnn1C. The zero-order valence-corrected chi connectivity index (χ0v) is 18.2. The van der Waals surface area contributed by atoms with Crippen molar-refractivity contribution in [1.82, 2.24) is 34.9 Å². The van der Waals surface area contributed by atoms with E-state index in [-0.39, 0.29) is 18.1 Å². The summed E-state index contributed by atoms with van der Waals surface area (Å²) in [7, 11) is 10.1. The molecule has 2 aliphatic rings. The van der Waals surface area contributed by atoms with E-state index in [1.165, 1.54) is 6.20 Å². The predicted octanol–water partition coefficient (Wildman–Crippen LogP) is 1.64. The fourth-order valence-corrected chi connectivity index (χ4v) is 4.68. The van der Waals surface area contributed by atoms with Gasteiger partial charge in [0.25, 0.3) is 5.91 Å². The van der Waals surface area contributed by atoms with Crippen LogP contribution in [0, 0.1) is 0 Å². The van der Waals surface area contributed by atoms with Gasteiger partial charge in [-0.3, -0.25) is 4.79 Å². The maximum absolute atomic E-state index is 13.2. The summed E-state index contributed by atoms with van der Waals surface area (Å²) in [6.07, 6.45) is 3.93. The van der Waals surface area contributed by atoms with E-state index in [1.54, 1.807) is 16.2 Å². The Labute approximate surface area is 190 Å². The van der Waals surface area contributed by atoms with Crippen molar-refractivity contribution in [3.63, 3.8) is 0 Å². The van der Waals surface area contributed by atoms with Gasteiger partial charge in [0.05, 0.1) is 29.5 Å². The molecule has 2 radical (unpaired) electrons. The third-order valence-corrected chi connectivity index (χ3v) is 6.39. The topological polar surface area (TPSA) is 123 Å². The molecular weight excluding hydrogens is 421 g/mol. The van der Waals surface area contributed by atoms with Gasteiger partial charge in [-0.05, 0) is 37.0 Å². The molecule has 1 fully saturated rings. The van der Waals surface area contributed by atoms with Crippen LogP contribution in [0.2, 0.25) is 0 Å². The highest BCUT2D eigenvalue weighted by Crippen LogP contribution is 2.33. The lowest BCUT2D eigenvalue weighted by molar-refractivity contribution is 0.0179. The Morgan fingerprint density at radius 3 is 3.00 bits per heavy atom. The van der Waals surface area contributed by atoms with E-state index in [0.29, 0.717) is 34.1 Å². The summed E-state index contributed by atoms with van der Waals surface area (Å²) in [6.45, 7) is 0. The molecule has 3 atom stereocenters. The van der Waals surface area contributed by atoms with E-state index >= 15 is 0 Å². The number of ether oxygens (including phenoxy) is 1. The van der Waals surface area contributed by atoms with Crippen molar-refractivity contribution < 1.29 is 9.53 Å². The minimum atomic E-state index is -0.676. The van der Waals surface area contributed by atoms with Crippen LogP contribution in [0.3, 0.4) is 0 Å². The monoisotopic (exact) mass is 443 g/mol. The Morgan fingerprint density at radius 2 is 2.15 bits per heavy atom. The van der Waals surface area contributed by atoms with Gasteiger partial charge in [0.15, 0.2) is 5.65 Å². The number of nitrogens with zero attached hydrogens (tertiary/aromatic N) is 6. The van der Waals surface area contributed by atoms with Gasteiger partial charge in [-0.25, -0.2) is 9.67 Å². The molecular formula is C21H22BN9O2. The molecule has 4 heterocycles. The van der Waals surface area contributed by atoms with E-state index < -0.39 is 6.00 Å². The molecule has 4 aromatic rings. The number of amides is 1. The van der Waals surface area contributed by atoms with Gasteiger partial charge >= 0.3 is 0 Å². The van der Waals surface area contributed by atoms with Crippen molar-refractivity contribution >= 4 is 47.8 Å². The van der Waals surface area contributed by atoms with Crippen molar-refractivity contribution in [3.8, 4) is 0 Å². The van der Waals surface area contributed by atoms with Crippen LogP contribution in [-0.2, 0) is 11.8 Å². The average molecular weight is 443 g/mol. The van der Waals surface area contributed by atoms with Gasteiger partial charge in [0.1, 0.15) is 30.6 Å². The van der Waals surface area contributed by atoms with Gasteiger partial charge in [-0.2, -0.15) is 9.61 Å². The van der Waals surface area contributed by atoms with Crippen molar-refractivity contribution in [3.05, 3.63) is 35.5 Å². The Balaban J connectivity index is 1.58. The molecule has 1 amide bonds. The highest BCUT2D eigenvalue weighted by atomic mass is 16.5. The molecule has 1 unspecified atom stereocenters. The van der Waals surface area contributed by atoms with Crippen LogP contribution >= 0.6 is 0 Å². The highest BCUT2D eigenvalue weighted by Gasteiger charge is 2.32. The van der Waals surface area contributed by atoms with Crippen molar-refractivity contribution in [2.75, 3.05) is 17.7 Å². The summed E-state index contributed by atoms with van der Waals surface area (Å²) in [5, 5.41) is 22.4.